The second-order valence-corrected chi connectivity index (χ2v) is 6.32. The first-order valence-corrected chi connectivity index (χ1v) is 8.59. The molecule has 1 aliphatic rings. The number of aryl methyl sites for hydroxylation is 1. The number of carbonyl (C=O) groups is 2. The molecule has 4 rings (SSSR count). The number of benzene rings is 3. The fourth-order valence-corrected chi connectivity index (χ4v) is 3.11. The van der Waals surface area contributed by atoms with Crippen LogP contribution in [0.15, 0.2) is 72.8 Å². The molecule has 0 unspecified atom stereocenters. The van der Waals surface area contributed by atoms with Crippen molar-refractivity contribution in [3.8, 4) is 11.1 Å². The van der Waals surface area contributed by atoms with Gasteiger partial charge in [0.15, 0.2) is 0 Å². The van der Waals surface area contributed by atoms with Crippen LogP contribution >= 0.6 is 0 Å². The first kappa shape index (κ1) is 16.1. The fourth-order valence-electron chi connectivity index (χ4n) is 3.11. The van der Waals surface area contributed by atoms with E-state index in [4.69, 9.17) is 0 Å². The van der Waals surface area contributed by atoms with Crippen LogP contribution in [-0.4, -0.2) is 11.8 Å². The molecule has 26 heavy (non-hydrogen) atoms. The summed E-state index contributed by atoms with van der Waals surface area (Å²) in [5.74, 6) is -0.114. The van der Waals surface area contributed by atoms with Gasteiger partial charge in [-0.05, 0) is 53.4 Å². The minimum Gasteiger partial charge on any atom is -0.326 e. The van der Waals surface area contributed by atoms with Crippen molar-refractivity contribution >= 4 is 23.2 Å². The largest absolute Gasteiger partial charge is 0.326 e. The molecule has 2 N–H and O–H groups in total. The van der Waals surface area contributed by atoms with Gasteiger partial charge in [-0.3, -0.25) is 9.59 Å². The Morgan fingerprint density at radius 1 is 0.846 bits per heavy atom. The number of hydrogen-bond donors (Lipinski definition) is 2. The molecular weight excluding hydrogens is 324 g/mol. The summed E-state index contributed by atoms with van der Waals surface area (Å²) in [6.07, 6.45) is 1.17. The monoisotopic (exact) mass is 342 g/mol. The first-order chi connectivity index (χ1) is 12.7. The standard InChI is InChI=1S/C22H18N2O2/c25-21-13-10-18-14-19(11-12-20(18)24-21)23-22(26)17-8-6-16(7-9-17)15-4-2-1-3-5-15/h1-9,11-12,14H,10,13H2,(H,23,26)(H,24,25). The summed E-state index contributed by atoms with van der Waals surface area (Å²) in [4.78, 5) is 23.9. The van der Waals surface area contributed by atoms with Crippen molar-refractivity contribution in [3.05, 3.63) is 83.9 Å². The van der Waals surface area contributed by atoms with Crippen LogP contribution in [0.3, 0.4) is 0 Å². The lowest BCUT2D eigenvalue weighted by atomic mass is 10.0. The second kappa shape index (κ2) is 6.84. The maximum Gasteiger partial charge on any atom is 0.255 e. The Balaban J connectivity index is 1.49. The van der Waals surface area contributed by atoms with E-state index in [1.54, 1.807) is 6.07 Å². The highest BCUT2D eigenvalue weighted by atomic mass is 16.2. The van der Waals surface area contributed by atoms with Gasteiger partial charge in [0.05, 0.1) is 0 Å². The predicted octanol–water partition coefficient (Wildman–Crippen LogP) is 4.49. The maximum atomic E-state index is 12.5. The van der Waals surface area contributed by atoms with Crippen LogP contribution in [-0.2, 0) is 11.2 Å². The molecule has 0 saturated carbocycles. The number of hydrogen-bond acceptors (Lipinski definition) is 2. The van der Waals surface area contributed by atoms with E-state index in [-0.39, 0.29) is 11.8 Å². The molecule has 4 nitrogen and oxygen atoms in total. The average Bonchev–Trinajstić information content (AvgIpc) is 2.69. The number of rotatable bonds is 3. The van der Waals surface area contributed by atoms with Crippen molar-refractivity contribution < 1.29 is 9.59 Å². The molecule has 0 saturated heterocycles. The van der Waals surface area contributed by atoms with Crippen molar-refractivity contribution in [3.63, 3.8) is 0 Å². The number of anilines is 2. The second-order valence-electron chi connectivity index (χ2n) is 6.32. The predicted molar refractivity (Wildman–Crippen MR) is 103 cm³/mol. The van der Waals surface area contributed by atoms with Gasteiger partial charge < -0.3 is 10.6 Å². The zero-order chi connectivity index (χ0) is 17.9. The third kappa shape index (κ3) is 3.35. The number of fused-ring (bicyclic) bond motifs is 1. The fraction of sp³-hybridized carbons (Fsp3) is 0.0909. The smallest absolute Gasteiger partial charge is 0.255 e. The van der Waals surface area contributed by atoms with Gasteiger partial charge in [0.1, 0.15) is 0 Å². The summed E-state index contributed by atoms with van der Waals surface area (Å²) in [7, 11) is 0. The van der Waals surface area contributed by atoms with E-state index >= 15 is 0 Å². The van der Waals surface area contributed by atoms with Crippen molar-refractivity contribution in [1.82, 2.24) is 0 Å². The number of nitrogens with one attached hydrogen (secondary N) is 2. The van der Waals surface area contributed by atoms with Crippen LogP contribution in [0.1, 0.15) is 22.3 Å². The lowest BCUT2D eigenvalue weighted by molar-refractivity contribution is -0.116. The van der Waals surface area contributed by atoms with Gasteiger partial charge in [-0.25, -0.2) is 0 Å². The van der Waals surface area contributed by atoms with Crippen LogP contribution in [0, 0.1) is 0 Å². The highest BCUT2D eigenvalue weighted by molar-refractivity contribution is 6.05. The molecule has 0 bridgehead atoms. The molecule has 2 amide bonds. The summed E-state index contributed by atoms with van der Waals surface area (Å²) in [6, 6.07) is 23.2. The number of amides is 2. The molecule has 3 aromatic carbocycles. The van der Waals surface area contributed by atoms with Crippen LogP contribution in [0.5, 0.6) is 0 Å². The zero-order valence-corrected chi connectivity index (χ0v) is 14.2. The molecule has 0 spiro atoms. The van der Waals surface area contributed by atoms with E-state index in [9.17, 15) is 9.59 Å². The quantitative estimate of drug-likeness (QED) is 0.737. The van der Waals surface area contributed by atoms with E-state index in [0.29, 0.717) is 18.4 Å². The van der Waals surface area contributed by atoms with E-state index in [1.807, 2.05) is 66.7 Å². The van der Waals surface area contributed by atoms with Gasteiger partial charge in [0, 0.05) is 23.4 Å². The lowest BCUT2D eigenvalue weighted by Gasteiger charge is -2.17. The molecule has 1 heterocycles. The summed E-state index contributed by atoms with van der Waals surface area (Å²) < 4.78 is 0. The molecule has 0 fully saturated rings. The van der Waals surface area contributed by atoms with Gasteiger partial charge in [-0.15, -0.1) is 0 Å². The molecule has 1 aliphatic heterocycles. The third-order valence-electron chi connectivity index (χ3n) is 4.51. The first-order valence-electron chi connectivity index (χ1n) is 8.59. The summed E-state index contributed by atoms with van der Waals surface area (Å²) in [6.45, 7) is 0. The van der Waals surface area contributed by atoms with Crippen LogP contribution < -0.4 is 10.6 Å². The molecule has 128 valence electrons. The highest BCUT2D eigenvalue weighted by Crippen LogP contribution is 2.26. The summed E-state index contributed by atoms with van der Waals surface area (Å²) in [5.41, 5.74) is 5.41. The molecule has 4 heteroatoms. The average molecular weight is 342 g/mol. The Bertz CT molecular complexity index is 963. The van der Waals surface area contributed by atoms with Gasteiger partial charge in [-0.2, -0.15) is 0 Å². The van der Waals surface area contributed by atoms with E-state index < -0.39 is 0 Å². The molecular formula is C22H18N2O2. The summed E-state index contributed by atoms with van der Waals surface area (Å²) in [5, 5.41) is 5.77. The minimum atomic E-state index is -0.149. The van der Waals surface area contributed by atoms with Crippen LogP contribution in [0.4, 0.5) is 11.4 Å². The third-order valence-corrected chi connectivity index (χ3v) is 4.51. The Labute approximate surface area is 151 Å². The SMILES string of the molecule is O=C1CCc2cc(NC(=O)c3ccc(-c4ccccc4)cc3)ccc2N1. The minimum absolute atomic E-state index is 0.0350. The Morgan fingerprint density at radius 2 is 1.58 bits per heavy atom. The van der Waals surface area contributed by atoms with Gasteiger partial charge in [0.2, 0.25) is 5.91 Å². The molecule has 0 atom stereocenters. The van der Waals surface area contributed by atoms with E-state index in [0.717, 1.165) is 28.1 Å². The number of carbonyl (C=O) groups excluding carboxylic acids is 2. The Kier molecular flexibility index (Phi) is 4.23. The van der Waals surface area contributed by atoms with Gasteiger partial charge >= 0.3 is 0 Å². The van der Waals surface area contributed by atoms with Crippen LogP contribution in [0.2, 0.25) is 0 Å². The normalized spacial score (nSPS) is 12.8. The van der Waals surface area contributed by atoms with Crippen molar-refractivity contribution in [2.75, 3.05) is 10.6 Å². The summed E-state index contributed by atoms with van der Waals surface area (Å²) >= 11 is 0. The highest BCUT2D eigenvalue weighted by Gasteiger charge is 2.15. The molecule has 3 aromatic rings. The Morgan fingerprint density at radius 3 is 2.35 bits per heavy atom. The molecule has 0 aromatic heterocycles. The lowest BCUT2D eigenvalue weighted by Crippen LogP contribution is -2.19. The van der Waals surface area contributed by atoms with Gasteiger partial charge in [0.25, 0.3) is 5.91 Å². The Hall–Kier alpha value is -3.40. The maximum absolute atomic E-state index is 12.5. The molecule has 0 radical (unpaired) electrons. The van der Waals surface area contributed by atoms with Crippen molar-refractivity contribution in [2.24, 2.45) is 0 Å². The topological polar surface area (TPSA) is 58.2 Å². The van der Waals surface area contributed by atoms with Crippen molar-refractivity contribution in [1.29, 1.82) is 0 Å². The van der Waals surface area contributed by atoms with E-state index in [1.165, 1.54) is 0 Å². The van der Waals surface area contributed by atoms with Gasteiger partial charge in [-0.1, -0.05) is 42.5 Å². The zero-order valence-electron chi connectivity index (χ0n) is 14.2. The van der Waals surface area contributed by atoms with E-state index in [2.05, 4.69) is 10.6 Å². The van der Waals surface area contributed by atoms with Crippen LogP contribution in [0.25, 0.3) is 11.1 Å². The molecule has 0 aliphatic carbocycles. The van der Waals surface area contributed by atoms with Crippen molar-refractivity contribution in [2.45, 2.75) is 12.8 Å².